The van der Waals surface area contributed by atoms with Crippen LogP contribution in [0.2, 0.25) is 5.02 Å². The lowest BCUT2D eigenvalue weighted by Crippen LogP contribution is -2.27. The first-order valence-corrected chi connectivity index (χ1v) is 5.86. The molecule has 1 atom stereocenters. The molecule has 86 valence electrons. The fourth-order valence-corrected chi connectivity index (χ4v) is 2.10. The van der Waals surface area contributed by atoms with Crippen LogP contribution in [-0.2, 0) is 4.79 Å². The third kappa shape index (κ3) is 1.81. The average Bonchev–Trinajstić information content (AvgIpc) is 2.58. The van der Waals surface area contributed by atoms with Crippen molar-refractivity contribution >= 4 is 23.2 Å². The second-order valence-electron chi connectivity index (χ2n) is 4.01. The number of carbonyl (C=O) groups excluding carboxylic acids is 1. The van der Waals surface area contributed by atoms with Crippen molar-refractivity contribution in [3.8, 4) is 0 Å². The molecule has 1 aromatic carbocycles. The largest absolute Gasteiger partial charge is 0.324 e. The van der Waals surface area contributed by atoms with Crippen molar-refractivity contribution in [2.24, 2.45) is 0 Å². The number of carbonyl (C=O) groups is 1. The van der Waals surface area contributed by atoms with Gasteiger partial charge in [-0.25, -0.2) is 0 Å². The van der Waals surface area contributed by atoms with E-state index in [-0.39, 0.29) is 11.9 Å². The Hall–Kier alpha value is -1.06. The van der Waals surface area contributed by atoms with E-state index in [0.717, 1.165) is 29.8 Å². The Labute approximate surface area is 100 Å². The summed E-state index contributed by atoms with van der Waals surface area (Å²) in [7, 11) is 0. The summed E-state index contributed by atoms with van der Waals surface area (Å²) in [5.74, 6) is 0.00816. The molecule has 4 heteroatoms. The molecule has 1 heterocycles. The Morgan fingerprint density at radius 2 is 2.25 bits per heavy atom. The van der Waals surface area contributed by atoms with Crippen molar-refractivity contribution in [2.45, 2.75) is 26.3 Å². The van der Waals surface area contributed by atoms with Crippen LogP contribution in [0.5, 0.6) is 0 Å². The van der Waals surface area contributed by atoms with Crippen LogP contribution in [0.15, 0.2) is 12.1 Å². The van der Waals surface area contributed by atoms with Crippen LogP contribution >= 0.6 is 11.6 Å². The van der Waals surface area contributed by atoms with Crippen molar-refractivity contribution in [1.82, 2.24) is 5.32 Å². The Morgan fingerprint density at radius 1 is 1.50 bits per heavy atom. The number of anilines is 1. The maximum Gasteiger partial charge on any atom is 0.246 e. The minimum atomic E-state index is -0.231. The lowest BCUT2D eigenvalue weighted by Gasteiger charge is -2.10. The zero-order valence-corrected chi connectivity index (χ0v) is 10.2. The fourth-order valence-electron chi connectivity index (χ4n) is 1.94. The number of benzene rings is 1. The number of amides is 1. The van der Waals surface area contributed by atoms with Gasteiger partial charge in [0.1, 0.15) is 6.04 Å². The highest BCUT2D eigenvalue weighted by Gasteiger charge is 2.31. The standard InChI is InChI=1S/C12H15ClN2O/c1-3-6-14-11-8-4-5-9(13)7(2)10(8)15-12(11)16/h4-5,11,14H,3,6H2,1-2H3,(H,15,16). The van der Waals surface area contributed by atoms with Gasteiger partial charge in [-0.2, -0.15) is 0 Å². The number of halogens is 1. The molecule has 0 spiro atoms. The molecule has 0 radical (unpaired) electrons. The van der Waals surface area contributed by atoms with Crippen LogP contribution in [0.4, 0.5) is 5.69 Å². The lowest BCUT2D eigenvalue weighted by atomic mass is 10.0. The molecule has 1 aromatic rings. The molecule has 0 saturated heterocycles. The summed E-state index contributed by atoms with van der Waals surface area (Å²) in [4.78, 5) is 11.8. The number of fused-ring (bicyclic) bond motifs is 1. The summed E-state index contributed by atoms with van der Waals surface area (Å²) >= 11 is 6.02. The molecular formula is C12H15ClN2O. The van der Waals surface area contributed by atoms with Crippen molar-refractivity contribution in [3.05, 3.63) is 28.3 Å². The zero-order chi connectivity index (χ0) is 11.7. The van der Waals surface area contributed by atoms with Crippen LogP contribution in [0.3, 0.4) is 0 Å². The summed E-state index contributed by atoms with van der Waals surface area (Å²) < 4.78 is 0. The molecule has 1 aliphatic rings. The maximum absolute atomic E-state index is 11.8. The minimum absolute atomic E-state index is 0.00816. The smallest absolute Gasteiger partial charge is 0.246 e. The van der Waals surface area contributed by atoms with E-state index in [1.807, 2.05) is 19.1 Å². The molecule has 1 aliphatic heterocycles. The number of hydrogen-bond donors (Lipinski definition) is 2. The molecule has 2 rings (SSSR count). The van der Waals surface area contributed by atoms with Gasteiger partial charge < -0.3 is 10.6 Å². The van der Waals surface area contributed by atoms with Gasteiger partial charge in [-0.1, -0.05) is 24.6 Å². The van der Waals surface area contributed by atoms with E-state index in [0.29, 0.717) is 5.02 Å². The molecule has 2 N–H and O–H groups in total. The highest BCUT2D eigenvalue weighted by atomic mass is 35.5. The third-order valence-electron chi connectivity index (χ3n) is 2.85. The Kier molecular flexibility index (Phi) is 3.17. The first-order chi connectivity index (χ1) is 7.65. The maximum atomic E-state index is 11.8. The highest BCUT2D eigenvalue weighted by Crippen LogP contribution is 2.36. The number of nitrogens with one attached hydrogen (secondary N) is 2. The quantitative estimate of drug-likeness (QED) is 0.850. The van der Waals surface area contributed by atoms with Crippen molar-refractivity contribution in [2.75, 3.05) is 11.9 Å². The minimum Gasteiger partial charge on any atom is -0.324 e. The Bertz CT molecular complexity index is 431. The fraction of sp³-hybridized carbons (Fsp3) is 0.417. The third-order valence-corrected chi connectivity index (χ3v) is 3.26. The van der Waals surface area contributed by atoms with Gasteiger partial charge in [0.25, 0.3) is 0 Å². The number of hydrogen-bond acceptors (Lipinski definition) is 2. The van der Waals surface area contributed by atoms with E-state index in [4.69, 9.17) is 11.6 Å². The molecule has 0 aliphatic carbocycles. The summed E-state index contributed by atoms with van der Waals surface area (Å²) in [6.07, 6.45) is 1.01. The predicted molar refractivity (Wildman–Crippen MR) is 65.9 cm³/mol. The van der Waals surface area contributed by atoms with E-state index in [1.165, 1.54) is 0 Å². The molecule has 1 amide bonds. The van der Waals surface area contributed by atoms with Crippen LogP contribution in [-0.4, -0.2) is 12.5 Å². The first-order valence-electron chi connectivity index (χ1n) is 5.48. The average molecular weight is 239 g/mol. The van der Waals surface area contributed by atoms with Crippen LogP contribution in [0.25, 0.3) is 0 Å². The van der Waals surface area contributed by atoms with Gasteiger partial charge >= 0.3 is 0 Å². The molecule has 0 saturated carbocycles. The Morgan fingerprint density at radius 3 is 2.94 bits per heavy atom. The monoisotopic (exact) mass is 238 g/mol. The van der Waals surface area contributed by atoms with Crippen molar-refractivity contribution in [1.29, 1.82) is 0 Å². The number of rotatable bonds is 3. The van der Waals surface area contributed by atoms with E-state index >= 15 is 0 Å². The second-order valence-corrected chi connectivity index (χ2v) is 4.42. The van der Waals surface area contributed by atoms with Crippen molar-refractivity contribution in [3.63, 3.8) is 0 Å². The van der Waals surface area contributed by atoms with Crippen LogP contribution < -0.4 is 10.6 Å². The van der Waals surface area contributed by atoms with Gasteiger partial charge in [0.2, 0.25) is 5.91 Å². The van der Waals surface area contributed by atoms with E-state index in [9.17, 15) is 4.79 Å². The molecule has 0 aromatic heterocycles. The van der Waals surface area contributed by atoms with Gasteiger partial charge in [0.05, 0.1) is 5.69 Å². The van der Waals surface area contributed by atoms with Gasteiger partial charge in [0, 0.05) is 10.6 Å². The van der Waals surface area contributed by atoms with Gasteiger partial charge in [0.15, 0.2) is 0 Å². The molecule has 1 unspecified atom stereocenters. The second kappa shape index (κ2) is 4.44. The summed E-state index contributed by atoms with van der Waals surface area (Å²) in [6, 6.07) is 3.53. The summed E-state index contributed by atoms with van der Waals surface area (Å²) in [5.41, 5.74) is 2.81. The molecule has 16 heavy (non-hydrogen) atoms. The lowest BCUT2D eigenvalue weighted by molar-refractivity contribution is -0.117. The van der Waals surface area contributed by atoms with E-state index in [2.05, 4.69) is 17.6 Å². The molecule has 3 nitrogen and oxygen atoms in total. The zero-order valence-electron chi connectivity index (χ0n) is 9.43. The van der Waals surface area contributed by atoms with Gasteiger partial charge in [-0.05, 0) is 31.5 Å². The molecule has 0 fully saturated rings. The SMILES string of the molecule is CCCNC1C(=O)Nc2c1ccc(Cl)c2C. The summed E-state index contributed by atoms with van der Waals surface area (Å²) in [5, 5.41) is 6.80. The van der Waals surface area contributed by atoms with E-state index < -0.39 is 0 Å². The van der Waals surface area contributed by atoms with Gasteiger partial charge in [-0.15, -0.1) is 0 Å². The van der Waals surface area contributed by atoms with Gasteiger partial charge in [-0.3, -0.25) is 4.79 Å². The molecular weight excluding hydrogens is 224 g/mol. The molecule has 0 bridgehead atoms. The normalized spacial score (nSPS) is 18.4. The topological polar surface area (TPSA) is 41.1 Å². The van der Waals surface area contributed by atoms with E-state index in [1.54, 1.807) is 0 Å². The van der Waals surface area contributed by atoms with Crippen LogP contribution in [0.1, 0.15) is 30.5 Å². The van der Waals surface area contributed by atoms with Crippen LogP contribution in [0, 0.1) is 6.92 Å². The van der Waals surface area contributed by atoms with Crippen molar-refractivity contribution < 1.29 is 4.79 Å². The predicted octanol–water partition coefficient (Wildman–Crippen LogP) is 2.64. The first kappa shape index (κ1) is 11.4. The Balaban J connectivity index is 2.35. The summed E-state index contributed by atoms with van der Waals surface area (Å²) in [6.45, 7) is 4.83. The highest BCUT2D eigenvalue weighted by molar-refractivity contribution is 6.32.